The van der Waals surface area contributed by atoms with Crippen molar-refractivity contribution in [1.29, 1.82) is 0 Å². The van der Waals surface area contributed by atoms with E-state index in [0.29, 0.717) is 12.4 Å². The van der Waals surface area contributed by atoms with E-state index in [2.05, 4.69) is 15.6 Å². The third-order valence-corrected chi connectivity index (χ3v) is 4.67. The van der Waals surface area contributed by atoms with Gasteiger partial charge in [-0.05, 0) is 23.6 Å². The molecule has 0 aliphatic heterocycles. The number of rotatable bonds is 8. The number of nitrogens with zero attached hydrogens (tertiary/aromatic N) is 2. The lowest BCUT2D eigenvalue weighted by molar-refractivity contribution is -0.124. The average molecular weight is 372 g/mol. The molecule has 3 aromatic rings. The first-order valence-electron chi connectivity index (χ1n) is 8.16. The first kappa shape index (κ1) is 18.1. The number of hydrogen-bond donors (Lipinski definition) is 2. The van der Waals surface area contributed by atoms with Gasteiger partial charge >= 0.3 is 0 Å². The van der Waals surface area contributed by atoms with Gasteiger partial charge in [0.05, 0.1) is 24.1 Å². The van der Waals surface area contributed by atoms with Crippen molar-refractivity contribution in [3.8, 4) is 0 Å². The standard InChI is InChI=1S/C18H20N4O3S/c1-25-12-18(24)20-10-16-21-14-6-2-3-7-15(14)22(16)11-17(23)19-9-13-5-4-8-26-13/h2-8H,9-12H2,1H3,(H,19,23)(H,20,24). The summed E-state index contributed by atoms with van der Waals surface area (Å²) in [5.74, 6) is 0.293. The summed E-state index contributed by atoms with van der Waals surface area (Å²) in [5, 5.41) is 7.65. The van der Waals surface area contributed by atoms with Crippen LogP contribution in [0.5, 0.6) is 0 Å². The molecule has 0 bridgehead atoms. The average Bonchev–Trinajstić information content (AvgIpc) is 3.27. The Balaban J connectivity index is 1.73. The van der Waals surface area contributed by atoms with E-state index >= 15 is 0 Å². The Labute approximate surface area is 155 Å². The lowest BCUT2D eigenvalue weighted by Crippen LogP contribution is -2.30. The Morgan fingerprint density at radius 1 is 1.12 bits per heavy atom. The fourth-order valence-corrected chi connectivity index (χ4v) is 3.24. The van der Waals surface area contributed by atoms with Crippen LogP contribution < -0.4 is 10.6 Å². The number of methoxy groups -OCH3 is 1. The topological polar surface area (TPSA) is 85.2 Å². The van der Waals surface area contributed by atoms with Gasteiger partial charge in [-0.25, -0.2) is 4.98 Å². The van der Waals surface area contributed by atoms with Crippen LogP contribution in [-0.4, -0.2) is 35.1 Å². The number of carbonyl (C=O) groups is 2. The molecule has 0 atom stereocenters. The molecule has 2 heterocycles. The summed E-state index contributed by atoms with van der Waals surface area (Å²) >= 11 is 1.60. The van der Waals surface area contributed by atoms with Gasteiger partial charge in [-0.2, -0.15) is 0 Å². The maximum atomic E-state index is 12.4. The number of hydrogen-bond acceptors (Lipinski definition) is 5. The Morgan fingerprint density at radius 2 is 1.92 bits per heavy atom. The van der Waals surface area contributed by atoms with Crippen LogP contribution in [-0.2, 0) is 34.0 Å². The Hall–Kier alpha value is -2.71. The van der Waals surface area contributed by atoms with E-state index in [4.69, 9.17) is 4.74 Å². The predicted octanol–water partition coefficient (Wildman–Crippen LogP) is 1.68. The van der Waals surface area contributed by atoms with Crippen molar-refractivity contribution in [2.75, 3.05) is 13.7 Å². The van der Waals surface area contributed by atoms with E-state index in [-0.39, 0.29) is 31.5 Å². The minimum Gasteiger partial charge on any atom is -0.375 e. The van der Waals surface area contributed by atoms with Crippen molar-refractivity contribution in [2.24, 2.45) is 0 Å². The van der Waals surface area contributed by atoms with Crippen LogP contribution in [0.4, 0.5) is 0 Å². The molecule has 0 spiro atoms. The van der Waals surface area contributed by atoms with Gasteiger partial charge in [0.15, 0.2) is 0 Å². The molecule has 0 fully saturated rings. The number of amides is 2. The lowest BCUT2D eigenvalue weighted by Gasteiger charge is -2.10. The zero-order valence-electron chi connectivity index (χ0n) is 14.4. The largest absolute Gasteiger partial charge is 0.375 e. The molecule has 0 aliphatic carbocycles. The summed E-state index contributed by atoms with van der Waals surface area (Å²) in [4.78, 5) is 29.7. The van der Waals surface area contributed by atoms with Gasteiger partial charge in [0.25, 0.3) is 0 Å². The van der Waals surface area contributed by atoms with Gasteiger partial charge in [-0.3, -0.25) is 9.59 Å². The molecule has 2 amide bonds. The molecule has 2 aromatic heterocycles. The van der Waals surface area contributed by atoms with Crippen molar-refractivity contribution in [1.82, 2.24) is 20.2 Å². The highest BCUT2D eigenvalue weighted by molar-refractivity contribution is 7.09. The Bertz CT molecular complexity index is 889. The number of fused-ring (bicyclic) bond motifs is 1. The summed E-state index contributed by atoms with van der Waals surface area (Å²) in [6, 6.07) is 11.5. The molecule has 1 aromatic carbocycles. The second-order valence-corrected chi connectivity index (χ2v) is 6.70. The maximum Gasteiger partial charge on any atom is 0.246 e. The minimum atomic E-state index is -0.228. The molecule has 26 heavy (non-hydrogen) atoms. The van der Waals surface area contributed by atoms with Crippen molar-refractivity contribution in [3.05, 3.63) is 52.5 Å². The number of nitrogens with one attached hydrogen (secondary N) is 2. The van der Waals surface area contributed by atoms with Crippen molar-refractivity contribution in [2.45, 2.75) is 19.6 Å². The molecule has 0 saturated carbocycles. The number of imidazole rings is 1. The first-order valence-corrected chi connectivity index (χ1v) is 9.04. The van der Waals surface area contributed by atoms with E-state index in [0.717, 1.165) is 15.9 Å². The normalized spacial score (nSPS) is 10.8. The summed E-state index contributed by atoms with van der Waals surface area (Å²) in [7, 11) is 1.47. The van der Waals surface area contributed by atoms with Gasteiger partial charge in [0.1, 0.15) is 19.0 Å². The van der Waals surface area contributed by atoms with Crippen molar-refractivity contribution in [3.63, 3.8) is 0 Å². The smallest absolute Gasteiger partial charge is 0.246 e. The molecule has 0 saturated heterocycles. The Morgan fingerprint density at radius 3 is 2.69 bits per heavy atom. The highest BCUT2D eigenvalue weighted by atomic mass is 32.1. The lowest BCUT2D eigenvalue weighted by atomic mass is 10.3. The van der Waals surface area contributed by atoms with Crippen LogP contribution in [0.2, 0.25) is 0 Å². The highest BCUT2D eigenvalue weighted by Crippen LogP contribution is 2.16. The predicted molar refractivity (Wildman–Crippen MR) is 99.6 cm³/mol. The third kappa shape index (κ3) is 4.47. The molecule has 7 nitrogen and oxygen atoms in total. The van der Waals surface area contributed by atoms with Crippen LogP contribution in [0.1, 0.15) is 10.7 Å². The second-order valence-electron chi connectivity index (χ2n) is 5.67. The summed E-state index contributed by atoms with van der Waals surface area (Å²) < 4.78 is 6.64. The quantitative estimate of drug-likeness (QED) is 0.630. The number of benzene rings is 1. The van der Waals surface area contributed by atoms with Gasteiger partial charge in [0.2, 0.25) is 11.8 Å². The fraction of sp³-hybridized carbons (Fsp3) is 0.278. The van der Waals surface area contributed by atoms with Crippen molar-refractivity contribution >= 4 is 34.2 Å². The van der Waals surface area contributed by atoms with E-state index in [9.17, 15) is 9.59 Å². The molecule has 136 valence electrons. The molecule has 0 aliphatic rings. The van der Waals surface area contributed by atoms with Gasteiger partial charge < -0.3 is 19.9 Å². The molecule has 0 unspecified atom stereocenters. The number of aromatic nitrogens is 2. The highest BCUT2D eigenvalue weighted by Gasteiger charge is 2.14. The Kier molecular flexibility index (Phi) is 5.98. The van der Waals surface area contributed by atoms with Crippen LogP contribution in [0.25, 0.3) is 11.0 Å². The zero-order valence-corrected chi connectivity index (χ0v) is 15.2. The number of para-hydroxylation sites is 2. The molecule has 2 N–H and O–H groups in total. The molecular formula is C18H20N4O3S. The van der Waals surface area contributed by atoms with Gasteiger partial charge in [0, 0.05) is 12.0 Å². The van der Waals surface area contributed by atoms with Crippen LogP contribution in [0, 0.1) is 0 Å². The second kappa shape index (κ2) is 8.59. The number of thiophene rings is 1. The van der Waals surface area contributed by atoms with Crippen LogP contribution >= 0.6 is 11.3 Å². The van der Waals surface area contributed by atoms with Crippen LogP contribution in [0.15, 0.2) is 41.8 Å². The molecular weight excluding hydrogens is 352 g/mol. The number of ether oxygens (including phenoxy) is 1. The summed E-state index contributed by atoms with van der Waals surface area (Å²) in [5.41, 5.74) is 1.64. The maximum absolute atomic E-state index is 12.4. The van der Waals surface area contributed by atoms with E-state index in [1.807, 2.05) is 46.3 Å². The van der Waals surface area contributed by atoms with Gasteiger partial charge in [-0.15, -0.1) is 11.3 Å². The monoisotopic (exact) mass is 372 g/mol. The minimum absolute atomic E-state index is 0.0124. The zero-order chi connectivity index (χ0) is 18.4. The fourth-order valence-electron chi connectivity index (χ4n) is 2.59. The van der Waals surface area contributed by atoms with Crippen LogP contribution in [0.3, 0.4) is 0 Å². The summed E-state index contributed by atoms with van der Waals surface area (Å²) in [6.07, 6.45) is 0. The molecule has 8 heteroatoms. The number of carbonyl (C=O) groups excluding carboxylic acids is 2. The van der Waals surface area contributed by atoms with E-state index in [1.165, 1.54) is 7.11 Å². The molecule has 3 rings (SSSR count). The van der Waals surface area contributed by atoms with E-state index in [1.54, 1.807) is 11.3 Å². The van der Waals surface area contributed by atoms with Gasteiger partial charge in [-0.1, -0.05) is 18.2 Å². The third-order valence-electron chi connectivity index (χ3n) is 3.79. The van der Waals surface area contributed by atoms with E-state index < -0.39 is 0 Å². The molecule has 0 radical (unpaired) electrons. The SMILES string of the molecule is COCC(=O)NCc1nc2ccccc2n1CC(=O)NCc1cccs1. The first-order chi connectivity index (χ1) is 12.7. The van der Waals surface area contributed by atoms with Crippen molar-refractivity contribution < 1.29 is 14.3 Å². The summed E-state index contributed by atoms with van der Waals surface area (Å²) in [6.45, 7) is 0.862.